The summed E-state index contributed by atoms with van der Waals surface area (Å²) in [7, 11) is 0. The summed E-state index contributed by atoms with van der Waals surface area (Å²) in [5.74, 6) is 1.37. The molecule has 1 aliphatic heterocycles. The first-order valence-electron chi connectivity index (χ1n) is 5.04. The van der Waals surface area contributed by atoms with Crippen LogP contribution in [0.5, 0.6) is 0 Å². The van der Waals surface area contributed by atoms with Gasteiger partial charge in [-0.1, -0.05) is 0 Å². The second kappa shape index (κ2) is 4.79. The number of rotatable bonds is 3. The van der Waals surface area contributed by atoms with E-state index >= 15 is 0 Å². The number of hydrogen-bond acceptors (Lipinski definition) is 4. The molecular weight excluding hydrogens is 213 g/mol. The molecule has 2 heterocycles. The van der Waals surface area contributed by atoms with E-state index in [1.807, 2.05) is 11.8 Å². The highest BCUT2D eigenvalue weighted by molar-refractivity contribution is 7.98. The molecule has 3 nitrogen and oxygen atoms in total. The van der Waals surface area contributed by atoms with Gasteiger partial charge in [0, 0.05) is 18.3 Å². The van der Waals surface area contributed by atoms with E-state index in [0.717, 1.165) is 12.3 Å². The van der Waals surface area contributed by atoms with Gasteiger partial charge >= 0.3 is 0 Å². The zero-order chi connectivity index (χ0) is 10.7. The Morgan fingerprint density at radius 3 is 2.93 bits per heavy atom. The fourth-order valence-corrected chi connectivity index (χ4v) is 2.65. The highest BCUT2D eigenvalue weighted by Gasteiger charge is 2.25. The molecule has 2 rings (SSSR count). The molecule has 0 aromatic carbocycles. The summed E-state index contributed by atoms with van der Waals surface area (Å²) in [6, 6.07) is 0.505. The van der Waals surface area contributed by atoms with Crippen molar-refractivity contribution in [1.29, 1.82) is 0 Å². The molecule has 0 saturated carbocycles. The number of thioether (sulfide) groups is 1. The van der Waals surface area contributed by atoms with E-state index in [1.165, 1.54) is 25.2 Å². The average Bonchev–Trinajstić information content (AvgIpc) is 2.68. The summed E-state index contributed by atoms with van der Waals surface area (Å²) in [5.41, 5.74) is 0. The maximum absolute atomic E-state index is 12.7. The number of anilines is 1. The molecule has 0 aliphatic carbocycles. The lowest BCUT2D eigenvalue weighted by Gasteiger charge is -2.23. The van der Waals surface area contributed by atoms with Crippen LogP contribution in [-0.4, -0.2) is 34.6 Å². The van der Waals surface area contributed by atoms with Crippen LogP contribution in [-0.2, 0) is 0 Å². The molecule has 1 aromatic heterocycles. The highest BCUT2D eigenvalue weighted by atomic mass is 32.2. The van der Waals surface area contributed by atoms with E-state index in [2.05, 4.69) is 21.1 Å². The van der Waals surface area contributed by atoms with Gasteiger partial charge in [-0.15, -0.1) is 0 Å². The number of hydrogen-bond donors (Lipinski definition) is 0. The van der Waals surface area contributed by atoms with Gasteiger partial charge in [0.2, 0.25) is 5.95 Å². The first kappa shape index (κ1) is 10.7. The molecule has 0 spiro atoms. The van der Waals surface area contributed by atoms with E-state index in [-0.39, 0.29) is 5.82 Å². The fraction of sp³-hybridized carbons (Fsp3) is 0.600. The lowest BCUT2D eigenvalue weighted by atomic mass is 10.2. The Kier molecular flexibility index (Phi) is 3.41. The maximum atomic E-state index is 12.7. The van der Waals surface area contributed by atoms with Crippen molar-refractivity contribution < 1.29 is 4.39 Å². The minimum absolute atomic E-state index is 0.376. The molecule has 1 atom stereocenters. The lowest BCUT2D eigenvalue weighted by molar-refractivity contribution is 0.610. The molecule has 82 valence electrons. The van der Waals surface area contributed by atoms with Crippen molar-refractivity contribution in [2.75, 3.05) is 23.5 Å². The van der Waals surface area contributed by atoms with Crippen LogP contribution in [0.25, 0.3) is 0 Å². The smallest absolute Gasteiger partial charge is 0.225 e. The molecule has 1 fully saturated rings. The third-order valence-electron chi connectivity index (χ3n) is 2.60. The molecule has 15 heavy (non-hydrogen) atoms. The Hall–Kier alpha value is -0.840. The largest absolute Gasteiger partial charge is 0.337 e. The molecule has 0 unspecified atom stereocenters. The van der Waals surface area contributed by atoms with Crippen molar-refractivity contribution in [1.82, 2.24) is 9.97 Å². The lowest BCUT2D eigenvalue weighted by Crippen LogP contribution is -2.32. The van der Waals surface area contributed by atoms with Crippen LogP contribution in [0.1, 0.15) is 12.8 Å². The van der Waals surface area contributed by atoms with Gasteiger partial charge in [-0.05, 0) is 19.1 Å². The average molecular weight is 227 g/mol. The minimum Gasteiger partial charge on any atom is -0.337 e. The summed E-state index contributed by atoms with van der Waals surface area (Å²) in [4.78, 5) is 10.2. The first-order valence-corrected chi connectivity index (χ1v) is 6.44. The van der Waals surface area contributed by atoms with Gasteiger partial charge in [0.15, 0.2) is 5.82 Å². The first-order chi connectivity index (χ1) is 7.31. The Morgan fingerprint density at radius 1 is 1.53 bits per heavy atom. The minimum atomic E-state index is -0.376. The van der Waals surface area contributed by atoms with Gasteiger partial charge in [0.05, 0.1) is 12.4 Å². The van der Waals surface area contributed by atoms with Crippen LogP contribution in [0.2, 0.25) is 0 Å². The van der Waals surface area contributed by atoms with Gasteiger partial charge in [-0.2, -0.15) is 11.8 Å². The molecule has 5 heteroatoms. The van der Waals surface area contributed by atoms with Crippen molar-refractivity contribution >= 4 is 17.7 Å². The standard InChI is InChI=1S/C10H14FN3S/c1-15-7-9-3-2-4-14(9)10-12-5-8(11)6-13-10/h5-6,9H,2-4,7H2,1H3/t9-/m1/s1. The van der Waals surface area contributed by atoms with E-state index in [9.17, 15) is 4.39 Å². The third-order valence-corrected chi connectivity index (χ3v) is 3.32. The van der Waals surface area contributed by atoms with Crippen LogP contribution < -0.4 is 4.90 Å². The number of nitrogens with zero attached hydrogens (tertiary/aromatic N) is 3. The summed E-state index contributed by atoms with van der Waals surface area (Å²) < 4.78 is 12.7. The predicted molar refractivity (Wildman–Crippen MR) is 60.7 cm³/mol. The monoisotopic (exact) mass is 227 g/mol. The third kappa shape index (κ3) is 2.40. The molecule has 0 bridgehead atoms. The summed E-state index contributed by atoms with van der Waals surface area (Å²) in [6.07, 6.45) is 6.92. The van der Waals surface area contributed by atoms with Gasteiger partial charge in [0.25, 0.3) is 0 Å². The van der Waals surface area contributed by atoms with E-state index in [1.54, 1.807) is 0 Å². The van der Waals surface area contributed by atoms with Crippen LogP contribution in [0, 0.1) is 5.82 Å². The highest BCUT2D eigenvalue weighted by Crippen LogP contribution is 2.23. The zero-order valence-electron chi connectivity index (χ0n) is 8.69. The van der Waals surface area contributed by atoms with Crippen molar-refractivity contribution in [3.05, 3.63) is 18.2 Å². The summed E-state index contributed by atoms with van der Waals surface area (Å²) in [6.45, 7) is 0.983. The maximum Gasteiger partial charge on any atom is 0.225 e. The molecule has 1 saturated heterocycles. The van der Waals surface area contributed by atoms with Crippen molar-refractivity contribution in [3.8, 4) is 0 Å². The SMILES string of the molecule is CSC[C@H]1CCCN1c1ncc(F)cn1. The van der Waals surface area contributed by atoms with Crippen LogP contribution in [0.15, 0.2) is 12.4 Å². The van der Waals surface area contributed by atoms with Crippen LogP contribution in [0.3, 0.4) is 0 Å². The Morgan fingerprint density at radius 2 is 2.27 bits per heavy atom. The van der Waals surface area contributed by atoms with Gasteiger partial charge in [0.1, 0.15) is 0 Å². The Balaban J connectivity index is 2.11. The van der Waals surface area contributed by atoms with Gasteiger partial charge in [-0.3, -0.25) is 0 Å². The van der Waals surface area contributed by atoms with Gasteiger partial charge in [-0.25, -0.2) is 14.4 Å². The van der Waals surface area contributed by atoms with Crippen molar-refractivity contribution in [3.63, 3.8) is 0 Å². The Labute approximate surface area is 93.1 Å². The quantitative estimate of drug-likeness (QED) is 0.789. The zero-order valence-corrected chi connectivity index (χ0v) is 9.50. The molecule has 0 radical (unpaired) electrons. The predicted octanol–water partition coefficient (Wildman–Crippen LogP) is 1.95. The molecule has 1 aliphatic rings. The summed E-state index contributed by atoms with van der Waals surface area (Å²) in [5, 5.41) is 0. The van der Waals surface area contributed by atoms with Crippen molar-refractivity contribution in [2.45, 2.75) is 18.9 Å². The molecular formula is C10H14FN3S. The normalized spacial score (nSPS) is 20.9. The van der Waals surface area contributed by atoms with Crippen molar-refractivity contribution in [2.24, 2.45) is 0 Å². The van der Waals surface area contributed by atoms with Crippen LogP contribution in [0.4, 0.5) is 10.3 Å². The second-order valence-corrected chi connectivity index (χ2v) is 4.56. The molecule has 1 aromatic rings. The summed E-state index contributed by atoms with van der Waals surface area (Å²) >= 11 is 1.83. The van der Waals surface area contributed by atoms with Crippen LogP contribution >= 0.6 is 11.8 Å². The van der Waals surface area contributed by atoms with E-state index in [0.29, 0.717) is 12.0 Å². The second-order valence-electron chi connectivity index (χ2n) is 3.65. The fourth-order valence-electron chi connectivity index (χ4n) is 1.92. The molecule has 0 N–H and O–H groups in total. The Bertz CT molecular complexity index is 317. The topological polar surface area (TPSA) is 29.0 Å². The van der Waals surface area contributed by atoms with Gasteiger partial charge < -0.3 is 4.90 Å². The molecule has 0 amide bonds. The van der Waals surface area contributed by atoms with E-state index in [4.69, 9.17) is 0 Å². The number of halogens is 1. The number of aromatic nitrogens is 2. The van der Waals surface area contributed by atoms with E-state index < -0.39 is 0 Å².